The van der Waals surface area contributed by atoms with Crippen molar-refractivity contribution in [2.24, 2.45) is 17.2 Å². The Labute approximate surface area is 174 Å². The summed E-state index contributed by atoms with van der Waals surface area (Å²) in [7, 11) is 0. The molecular weight excluding hydrogens is 364 g/mol. The van der Waals surface area contributed by atoms with Gasteiger partial charge < -0.3 is 22.1 Å². The average molecular weight is 401 g/mol. The van der Waals surface area contributed by atoms with Crippen molar-refractivity contribution in [3.63, 3.8) is 0 Å². The van der Waals surface area contributed by atoms with Crippen LogP contribution in [0, 0.1) is 0 Å². The van der Waals surface area contributed by atoms with Crippen molar-refractivity contribution in [3.8, 4) is 0 Å². The van der Waals surface area contributed by atoms with Crippen LogP contribution >= 0.6 is 0 Å². The minimum atomic E-state index is -0.430. The summed E-state index contributed by atoms with van der Waals surface area (Å²) in [6.45, 7) is 2.84. The summed E-state index contributed by atoms with van der Waals surface area (Å²) in [5.41, 5.74) is 19.9. The van der Waals surface area contributed by atoms with Gasteiger partial charge in [-0.05, 0) is 87.5 Å². The second-order valence-electron chi connectivity index (χ2n) is 8.85. The third-order valence-electron chi connectivity index (χ3n) is 6.68. The van der Waals surface area contributed by atoms with Crippen molar-refractivity contribution >= 4 is 11.8 Å². The highest BCUT2D eigenvalue weighted by Gasteiger charge is 2.29. The van der Waals surface area contributed by atoms with Gasteiger partial charge in [0.1, 0.15) is 0 Å². The van der Waals surface area contributed by atoms with E-state index in [2.05, 4.69) is 6.92 Å². The van der Waals surface area contributed by atoms with E-state index >= 15 is 0 Å². The Morgan fingerprint density at radius 1 is 0.966 bits per heavy atom. The van der Waals surface area contributed by atoms with Crippen molar-refractivity contribution in [2.45, 2.75) is 88.8 Å². The number of rotatable bonds is 6. The molecule has 0 atom stereocenters. The van der Waals surface area contributed by atoms with Crippen LogP contribution in [0.4, 0.5) is 0 Å². The smallest absolute Gasteiger partial charge is 0.254 e. The summed E-state index contributed by atoms with van der Waals surface area (Å²) in [6.07, 6.45) is 8.49. The average Bonchev–Trinajstić information content (AvgIpc) is 2.72. The van der Waals surface area contributed by atoms with Gasteiger partial charge in [-0.15, -0.1) is 0 Å². The fraction of sp³-hybridized carbons (Fsp3) is 0.652. The molecule has 0 saturated heterocycles. The molecule has 6 N–H and O–H groups in total. The lowest BCUT2D eigenvalue weighted by atomic mass is 9.79. The van der Waals surface area contributed by atoms with E-state index in [0.29, 0.717) is 11.1 Å². The van der Waals surface area contributed by atoms with E-state index in [1.165, 1.54) is 0 Å². The largest absolute Gasteiger partial charge is 0.366 e. The highest BCUT2D eigenvalue weighted by Crippen LogP contribution is 2.35. The summed E-state index contributed by atoms with van der Waals surface area (Å²) < 4.78 is 0. The second kappa shape index (κ2) is 9.72. The number of benzene rings is 1. The fourth-order valence-corrected chi connectivity index (χ4v) is 4.96. The maximum atomic E-state index is 13.4. The molecule has 2 saturated carbocycles. The number of hydrogen-bond acceptors (Lipinski definition) is 4. The molecule has 0 spiro atoms. The molecule has 2 fully saturated rings. The van der Waals surface area contributed by atoms with Crippen molar-refractivity contribution < 1.29 is 9.59 Å². The topological polar surface area (TPSA) is 115 Å². The lowest BCUT2D eigenvalue weighted by Crippen LogP contribution is -2.44. The maximum Gasteiger partial charge on any atom is 0.254 e. The number of carbonyl (C=O) groups excluding carboxylic acids is 2. The third-order valence-corrected chi connectivity index (χ3v) is 6.68. The van der Waals surface area contributed by atoms with Crippen molar-refractivity contribution in [1.29, 1.82) is 0 Å². The van der Waals surface area contributed by atoms with E-state index < -0.39 is 5.91 Å². The van der Waals surface area contributed by atoms with Crippen LogP contribution in [0.3, 0.4) is 0 Å². The van der Waals surface area contributed by atoms with Gasteiger partial charge in [0.2, 0.25) is 5.91 Å². The quantitative estimate of drug-likeness (QED) is 0.681. The molecule has 0 aliphatic heterocycles. The number of hydrogen-bond donors (Lipinski definition) is 3. The minimum Gasteiger partial charge on any atom is -0.366 e. The standard InChI is InChI=1S/C23H36N4O2/c1-2-13-27(19-10-8-18(25)9-11-19)23(29)16-5-12-20(22(26)28)21(14-16)15-3-6-17(24)7-4-15/h5,12,14-15,17-19H,2-4,6-11,13,24-25H2,1H3,(H2,26,28). The van der Waals surface area contributed by atoms with Gasteiger partial charge >= 0.3 is 0 Å². The van der Waals surface area contributed by atoms with Gasteiger partial charge in [-0.2, -0.15) is 0 Å². The van der Waals surface area contributed by atoms with E-state index in [0.717, 1.165) is 69.9 Å². The summed E-state index contributed by atoms with van der Waals surface area (Å²) >= 11 is 0. The highest BCUT2D eigenvalue weighted by molar-refractivity contribution is 5.98. The summed E-state index contributed by atoms with van der Waals surface area (Å²) in [5.74, 6) is -0.144. The molecule has 0 bridgehead atoms. The fourth-order valence-electron chi connectivity index (χ4n) is 4.96. The van der Waals surface area contributed by atoms with Crippen molar-refractivity contribution in [1.82, 2.24) is 4.90 Å². The first-order chi connectivity index (χ1) is 13.9. The van der Waals surface area contributed by atoms with Gasteiger partial charge in [-0.3, -0.25) is 9.59 Å². The van der Waals surface area contributed by atoms with Crippen LogP contribution in [0.15, 0.2) is 18.2 Å². The number of primary amides is 1. The zero-order valence-corrected chi connectivity index (χ0v) is 17.6. The molecule has 6 nitrogen and oxygen atoms in total. The normalized spacial score (nSPS) is 27.4. The molecule has 2 amide bonds. The Morgan fingerprint density at radius 2 is 1.55 bits per heavy atom. The molecule has 0 heterocycles. The Balaban J connectivity index is 1.86. The number of nitrogens with two attached hydrogens (primary N) is 3. The second-order valence-corrected chi connectivity index (χ2v) is 8.85. The van der Waals surface area contributed by atoms with Crippen LogP contribution in [0.1, 0.15) is 96.9 Å². The van der Waals surface area contributed by atoms with Gasteiger partial charge in [-0.25, -0.2) is 0 Å². The Hall–Kier alpha value is -1.92. The summed E-state index contributed by atoms with van der Waals surface area (Å²) in [5, 5.41) is 0. The van der Waals surface area contributed by atoms with Gasteiger partial charge in [0.25, 0.3) is 5.91 Å². The summed E-state index contributed by atoms with van der Waals surface area (Å²) in [6, 6.07) is 6.14. The molecule has 3 rings (SSSR count). The maximum absolute atomic E-state index is 13.4. The molecule has 29 heavy (non-hydrogen) atoms. The SMILES string of the molecule is CCCN(C(=O)c1ccc(C(N)=O)c(C2CCC(N)CC2)c1)C1CCC(N)CC1. The zero-order chi connectivity index (χ0) is 21.0. The zero-order valence-electron chi connectivity index (χ0n) is 17.6. The molecule has 0 radical (unpaired) electrons. The highest BCUT2D eigenvalue weighted by atomic mass is 16.2. The van der Waals surface area contributed by atoms with E-state index in [9.17, 15) is 9.59 Å². The predicted octanol–water partition coefficient (Wildman–Crippen LogP) is 2.89. The van der Waals surface area contributed by atoms with E-state index in [1.54, 1.807) is 12.1 Å². The first kappa shape index (κ1) is 21.8. The van der Waals surface area contributed by atoms with E-state index in [4.69, 9.17) is 17.2 Å². The van der Waals surface area contributed by atoms with Crippen LogP contribution < -0.4 is 17.2 Å². The Kier molecular flexibility index (Phi) is 7.30. The number of carbonyl (C=O) groups is 2. The molecule has 0 unspecified atom stereocenters. The van der Waals surface area contributed by atoms with Gasteiger partial charge in [0.05, 0.1) is 0 Å². The van der Waals surface area contributed by atoms with Crippen LogP contribution in [-0.2, 0) is 0 Å². The van der Waals surface area contributed by atoms with Crippen LogP contribution in [0.5, 0.6) is 0 Å². The lowest BCUT2D eigenvalue weighted by molar-refractivity contribution is 0.0626. The Morgan fingerprint density at radius 3 is 2.10 bits per heavy atom. The van der Waals surface area contributed by atoms with E-state index in [1.807, 2.05) is 11.0 Å². The first-order valence-electron chi connectivity index (χ1n) is 11.2. The molecule has 1 aromatic rings. The molecule has 6 heteroatoms. The van der Waals surface area contributed by atoms with E-state index in [-0.39, 0.29) is 30.0 Å². The lowest BCUT2D eigenvalue weighted by Gasteiger charge is -2.36. The molecule has 160 valence electrons. The Bertz CT molecular complexity index is 720. The molecule has 1 aromatic carbocycles. The number of amides is 2. The van der Waals surface area contributed by atoms with Gasteiger partial charge in [-0.1, -0.05) is 6.92 Å². The van der Waals surface area contributed by atoms with Crippen LogP contribution in [0.2, 0.25) is 0 Å². The van der Waals surface area contributed by atoms with Gasteiger partial charge in [0.15, 0.2) is 0 Å². The van der Waals surface area contributed by atoms with Crippen LogP contribution in [0.25, 0.3) is 0 Å². The predicted molar refractivity (Wildman–Crippen MR) is 116 cm³/mol. The minimum absolute atomic E-state index is 0.0529. The van der Waals surface area contributed by atoms with Gasteiger partial charge in [0, 0.05) is 35.8 Å². The molecular formula is C23H36N4O2. The molecule has 2 aliphatic carbocycles. The monoisotopic (exact) mass is 400 g/mol. The first-order valence-corrected chi connectivity index (χ1v) is 11.2. The third kappa shape index (κ3) is 5.17. The van der Waals surface area contributed by atoms with Crippen molar-refractivity contribution in [3.05, 3.63) is 34.9 Å². The van der Waals surface area contributed by atoms with Crippen LogP contribution in [-0.4, -0.2) is 41.4 Å². The molecule has 2 aliphatic rings. The number of nitrogens with zero attached hydrogens (tertiary/aromatic N) is 1. The van der Waals surface area contributed by atoms with Crippen molar-refractivity contribution in [2.75, 3.05) is 6.54 Å². The molecule has 0 aromatic heterocycles. The summed E-state index contributed by atoms with van der Waals surface area (Å²) in [4.78, 5) is 27.5.